The molecule has 0 bridgehead atoms. The fourth-order valence-electron chi connectivity index (χ4n) is 2.80. The molecule has 0 aromatic heterocycles. The van der Waals surface area contributed by atoms with Crippen LogP contribution < -0.4 is 5.32 Å². The molecule has 1 fully saturated rings. The van der Waals surface area contributed by atoms with Gasteiger partial charge in [0.25, 0.3) is 0 Å². The zero-order valence-electron chi connectivity index (χ0n) is 11.0. The molecule has 0 saturated carbocycles. The van der Waals surface area contributed by atoms with Crippen molar-refractivity contribution in [3.63, 3.8) is 0 Å². The standard InChI is InChI=1S/C15H22N2O/c1-2-14-3-5-16-12-15(14)11-13(1)4-6-17-7-9-18-10-8-17/h1-2,11,16H,3-10,12H2. The van der Waals surface area contributed by atoms with E-state index in [1.165, 1.54) is 23.1 Å². The van der Waals surface area contributed by atoms with Crippen LogP contribution in [0.2, 0.25) is 0 Å². The number of benzene rings is 1. The van der Waals surface area contributed by atoms with E-state index in [1.54, 1.807) is 0 Å². The molecule has 0 spiro atoms. The van der Waals surface area contributed by atoms with E-state index in [0.717, 1.165) is 52.4 Å². The topological polar surface area (TPSA) is 24.5 Å². The third-order valence-electron chi connectivity index (χ3n) is 3.98. The van der Waals surface area contributed by atoms with Gasteiger partial charge < -0.3 is 10.1 Å². The third kappa shape index (κ3) is 2.91. The molecule has 1 N–H and O–H groups in total. The maximum Gasteiger partial charge on any atom is 0.0594 e. The number of morpholine rings is 1. The Balaban J connectivity index is 1.58. The molecule has 3 nitrogen and oxygen atoms in total. The molecule has 98 valence electrons. The summed E-state index contributed by atoms with van der Waals surface area (Å²) in [4.78, 5) is 2.50. The van der Waals surface area contributed by atoms with Crippen LogP contribution in [0.5, 0.6) is 0 Å². The molecule has 3 rings (SSSR count). The number of hydrogen-bond acceptors (Lipinski definition) is 3. The Bertz CT molecular complexity index is 399. The van der Waals surface area contributed by atoms with Crippen molar-refractivity contribution in [3.8, 4) is 0 Å². The molecule has 0 radical (unpaired) electrons. The maximum atomic E-state index is 5.38. The molecule has 1 saturated heterocycles. The number of rotatable bonds is 3. The van der Waals surface area contributed by atoms with E-state index in [0.29, 0.717) is 0 Å². The van der Waals surface area contributed by atoms with E-state index < -0.39 is 0 Å². The molecule has 2 heterocycles. The van der Waals surface area contributed by atoms with Crippen molar-refractivity contribution in [2.75, 3.05) is 39.4 Å². The van der Waals surface area contributed by atoms with E-state index >= 15 is 0 Å². The van der Waals surface area contributed by atoms with Gasteiger partial charge in [0.1, 0.15) is 0 Å². The van der Waals surface area contributed by atoms with Crippen molar-refractivity contribution in [2.45, 2.75) is 19.4 Å². The van der Waals surface area contributed by atoms with E-state index in [2.05, 4.69) is 28.4 Å². The predicted octanol–water partition coefficient (Wildman–Crippen LogP) is 1.21. The van der Waals surface area contributed by atoms with E-state index in [9.17, 15) is 0 Å². The largest absolute Gasteiger partial charge is 0.379 e. The minimum absolute atomic E-state index is 0.897. The second-order valence-electron chi connectivity index (χ2n) is 5.23. The van der Waals surface area contributed by atoms with Gasteiger partial charge in [-0.25, -0.2) is 0 Å². The van der Waals surface area contributed by atoms with Crippen LogP contribution in [0.4, 0.5) is 0 Å². The first-order valence-corrected chi connectivity index (χ1v) is 7.03. The molecular formula is C15H22N2O. The number of hydrogen-bond donors (Lipinski definition) is 1. The molecule has 0 amide bonds. The lowest BCUT2D eigenvalue weighted by atomic mass is 9.97. The van der Waals surface area contributed by atoms with Crippen molar-refractivity contribution < 1.29 is 4.74 Å². The van der Waals surface area contributed by atoms with Gasteiger partial charge >= 0.3 is 0 Å². The molecule has 0 aliphatic carbocycles. The summed E-state index contributed by atoms with van der Waals surface area (Å²) in [5.41, 5.74) is 4.51. The van der Waals surface area contributed by atoms with E-state index in [4.69, 9.17) is 4.74 Å². The minimum atomic E-state index is 0.897. The summed E-state index contributed by atoms with van der Waals surface area (Å²) < 4.78 is 5.38. The second-order valence-corrected chi connectivity index (χ2v) is 5.23. The summed E-state index contributed by atoms with van der Waals surface area (Å²) in [5.74, 6) is 0. The van der Waals surface area contributed by atoms with Gasteiger partial charge in [-0.3, -0.25) is 4.90 Å². The zero-order valence-corrected chi connectivity index (χ0v) is 11.0. The number of nitrogens with zero attached hydrogens (tertiary/aromatic N) is 1. The number of ether oxygens (including phenoxy) is 1. The van der Waals surface area contributed by atoms with Crippen LogP contribution in [-0.4, -0.2) is 44.3 Å². The highest BCUT2D eigenvalue weighted by atomic mass is 16.5. The fourth-order valence-corrected chi connectivity index (χ4v) is 2.80. The lowest BCUT2D eigenvalue weighted by Crippen LogP contribution is -2.37. The highest BCUT2D eigenvalue weighted by molar-refractivity contribution is 5.33. The van der Waals surface area contributed by atoms with Gasteiger partial charge in [-0.05, 0) is 36.1 Å². The first kappa shape index (κ1) is 12.2. The van der Waals surface area contributed by atoms with Crippen LogP contribution in [0.1, 0.15) is 16.7 Å². The summed E-state index contributed by atoms with van der Waals surface area (Å²) >= 11 is 0. The molecule has 0 atom stereocenters. The van der Waals surface area contributed by atoms with E-state index in [-0.39, 0.29) is 0 Å². The smallest absolute Gasteiger partial charge is 0.0594 e. The Morgan fingerprint density at radius 3 is 2.94 bits per heavy atom. The highest BCUT2D eigenvalue weighted by Crippen LogP contribution is 2.16. The van der Waals surface area contributed by atoms with Crippen molar-refractivity contribution in [2.24, 2.45) is 0 Å². The number of fused-ring (bicyclic) bond motifs is 1. The van der Waals surface area contributed by atoms with Crippen LogP contribution >= 0.6 is 0 Å². The van der Waals surface area contributed by atoms with Gasteiger partial charge in [0.2, 0.25) is 0 Å². The van der Waals surface area contributed by atoms with Crippen LogP contribution in [-0.2, 0) is 24.1 Å². The Kier molecular flexibility index (Phi) is 3.93. The third-order valence-corrected chi connectivity index (χ3v) is 3.98. The average Bonchev–Trinajstić information content (AvgIpc) is 2.46. The Hall–Kier alpha value is -0.900. The fraction of sp³-hybridized carbons (Fsp3) is 0.600. The predicted molar refractivity (Wildman–Crippen MR) is 72.8 cm³/mol. The SMILES string of the molecule is c1cc2c(cc1CCN1CCOCC1)CNCC2. The van der Waals surface area contributed by atoms with Crippen LogP contribution in [0, 0.1) is 0 Å². The van der Waals surface area contributed by atoms with Gasteiger partial charge in [-0.1, -0.05) is 18.2 Å². The van der Waals surface area contributed by atoms with Gasteiger partial charge in [-0.15, -0.1) is 0 Å². The summed E-state index contributed by atoms with van der Waals surface area (Å²) in [6.07, 6.45) is 2.34. The minimum Gasteiger partial charge on any atom is -0.379 e. The summed E-state index contributed by atoms with van der Waals surface area (Å²) in [6, 6.07) is 7.03. The van der Waals surface area contributed by atoms with Gasteiger partial charge in [-0.2, -0.15) is 0 Å². The molecule has 3 heteroatoms. The van der Waals surface area contributed by atoms with Crippen LogP contribution in [0.25, 0.3) is 0 Å². The number of nitrogens with one attached hydrogen (secondary N) is 1. The summed E-state index contributed by atoms with van der Waals surface area (Å²) in [5, 5.41) is 3.45. The Labute approximate surface area is 109 Å². The van der Waals surface area contributed by atoms with E-state index in [1.807, 2.05) is 0 Å². The van der Waals surface area contributed by atoms with Gasteiger partial charge in [0, 0.05) is 26.2 Å². The Morgan fingerprint density at radius 2 is 2.06 bits per heavy atom. The molecular weight excluding hydrogens is 224 g/mol. The summed E-state index contributed by atoms with van der Waals surface area (Å²) in [6.45, 7) is 7.30. The molecule has 2 aliphatic rings. The zero-order chi connectivity index (χ0) is 12.2. The lowest BCUT2D eigenvalue weighted by Gasteiger charge is -2.26. The first-order chi connectivity index (χ1) is 8.92. The normalized spacial score (nSPS) is 20.7. The molecule has 0 unspecified atom stereocenters. The first-order valence-electron chi connectivity index (χ1n) is 7.03. The molecule has 18 heavy (non-hydrogen) atoms. The maximum absolute atomic E-state index is 5.38. The van der Waals surface area contributed by atoms with Crippen molar-refractivity contribution in [1.29, 1.82) is 0 Å². The molecule has 1 aromatic carbocycles. The quantitative estimate of drug-likeness (QED) is 0.867. The van der Waals surface area contributed by atoms with Gasteiger partial charge in [0.05, 0.1) is 13.2 Å². The van der Waals surface area contributed by atoms with Crippen molar-refractivity contribution in [3.05, 3.63) is 34.9 Å². The highest BCUT2D eigenvalue weighted by Gasteiger charge is 2.11. The average molecular weight is 246 g/mol. The molecule has 2 aliphatic heterocycles. The summed E-state index contributed by atoms with van der Waals surface area (Å²) in [7, 11) is 0. The van der Waals surface area contributed by atoms with Crippen LogP contribution in [0.15, 0.2) is 18.2 Å². The van der Waals surface area contributed by atoms with Crippen molar-refractivity contribution in [1.82, 2.24) is 10.2 Å². The Morgan fingerprint density at radius 1 is 1.17 bits per heavy atom. The monoisotopic (exact) mass is 246 g/mol. The molecule has 1 aromatic rings. The van der Waals surface area contributed by atoms with Crippen molar-refractivity contribution >= 4 is 0 Å². The van der Waals surface area contributed by atoms with Crippen LogP contribution in [0.3, 0.4) is 0 Å². The second kappa shape index (κ2) is 5.83. The van der Waals surface area contributed by atoms with Gasteiger partial charge in [0.15, 0.2) is 0 Å². The lowest BCUT2D eigenvalue weighted by molar-refractivity contribution is 0.0384.